The Morgan fingerprint density at radius 3 is 2.90 bits per heavy atom. The normalized spacial score (nSPS) is 21.2. The average molecular weight is 286 g/mol. The predicted octanol–water partition coefficient (Wildman–Crippen LogP) is 1.55. The molecule has 110 valence electrons. The van der Waals surface area contributed by atoms with Crippen LogP contribution in [0.15, 0.2) is 36.8 Å². The Kier molecular flexibility index (Phi) is 4.25. The second-order valence-corrected chi connectivity index (χ2v) is 5.03. The minimum absolute atomic E-state index is 0.199. The molecule has 0 spiro atoms. The van der Waals surface area contributed by atoms with Crippen molar-refractivity contribution in [3.63, 3.8) is 0 Å². The molecule has 1 N–H and O–H groups in total. The van der Waals surface area contributed by atoms with Crippen molar-refractivity contribution >= 4 is 5.95 Å². The monoisotopic (exact) mass is 286 g/mol. The van der Waals surface area contributed by atoms with E-state index in [1.54, 1.807) is 19.4 Å². The first-order chi connectivity index (χ1) is 10.3. The molecule has 0 aromatic carbocycles. The predicted molar refractivity (Wildman–Crippen MR) is 78.2 cm³/mol. The van der Waals surface area contributed by atoms with Crippen LogP contribution in [0, 0.1) is 5.92 Å². The highest BCUT2D eigenvalue weighted by atomic mass is 16.5. The number of aromatic nitrogens is 3. The Morgan fingerprint density at radius 1 is 1.24 bits per heavy atom. The van der Waals surface area contributed by atoms with Crippen LogP contribution >= 0.6 is 0 Å². The Hall–Kier alpha value is -2.21. The van der Waals surface area contributed by atoms with E-state index in [0.29, 0.717) is 24.4 Å². The summed E-state index contributed by atoms with van der Waals surface area (Å²) >= 11 is 0. The molecule has 2 aromatic rings. The van der Waals surface area contributed by atoms with Gasteiger partial charge in [-0.1, -0.05) is 0 Å². The van der Waals surface area contributed by atoms with E-state index in [-0.39, 0.29) is 6.04 Å². The molecule has 1 aliphatic heterocycles. The SMILES string of the molecule is COc1ccnc(N[C@H]2COC[C@H]2Cc2ccncc2)n1. The number of nitrogens with one attached hydrogen (secondary N) is 1. The van der Waals surface area contributed by atoms with Crippen molar-refractivity contribution in [2.75, 3.05) is 25.6 Å². The van der Waals surface area contributed by atoms with Gasteiger partial charge in [-0.05, 0) is 24.1 Å². The molecule has 1 saturated heterocycles. The molecule has 6 nitrogen and oxygen atoms in total. The molecule has 1 aliphatic rings. The molecule has 0 bridgehead atoms. The first-order valence-electron chi connectivity index (χ1n) is 6.95. The van der Waals surface area contributed by atoms with Crippen LogP contribution in [0.25, 0.3) is 0 Å². The number of methoxy groups -OCH3 is 1. The van der Waals surface area contributed by atoms with Gasteiger partial charge in [0.15, 0.2) is 0 Å². The van der Waals surface area contributed by atoms with Crippen LogP contribution in [0.3, 0.4) is 0 Å². The largest absolute Gasteiger partial charge is 0.481 e. The lowest BCUT2D eigenvalue weighted by Crippen LogP contribution is -2.30. The molecule has 0 amide bonds. The third-order valence-corrected chi connectivity index (χ3v) is 3.60. The molecule has 0 aliphatic carbocycles. The Bertz CT molecular complexity index is 579. The van der Waals surface area contributed by atoms with Gasteiger partial charge in [-0.2, -0.15) is 4.98 Å². The minimum atomic E-state index is 0.199. The van der Waals surface area contributed by atoms with Gasteiger partial charge in [-0.15, -0.1) is 0 Å². The van der Waals surface area contributed by atoms with Crippen molar-refractivity contribution < 1.29 is 9.47 Å². The minimum Gasteiger partial charge on any atom is -0.481 e. The van der Waals surface area contributed by atoms with E-state index in [0.717, 1.165) is 13.0 Å². The van der Waals surface area contributed by atoms with Crippen LogP contribution in [0.4, 0.5) is 5.95 Å². The van der Waals surface area contributed by atoms with Crippen LogP contribution < -0.4 is 10.1 Å². The first-order valence-corrected chi connectivity index (χ1v) is 6.95. The number of hydrogen-bond donors (Lipinski definition) is 1. The average Bonchev–Trinajstić information content (AvgIpc) is 2.95. The van der Waals surface area contributed by atoms with Crippen molar-refractivity contribution in [1.29, 1.82) is 0 Å². The molecule has 3 rings (SSSR count). The molecular formula is C15H18N4O2. The Balaban J connectivity index is 1.66. The molecule has 1 fully saturated rings. The molecule has 6 heteroatoms. The number of ether oxygens (including phenoxy) is 2. The van der Waals surface area contributed by atoms with Crippen molar-refractivity contribution in [3.05, 3.63) is 42.4 Å². The van der Waals surface area contributed by atoms with E-state index in [9.17, 15) is 0 Å². The number of pyridine rings is 1. The van der Waals surface area contributed by atoms with Gasteiger partial charge in [0, 0.05) is 30.6 Å². The number of anilines is 1. The molecule has 0 unspecified atom stereocenters. The summed E-state index contributed by atoms with van der Waals surface area (Å²) in [5.41, 5.74) is 1.26. The molecular weight excluding hydrogens is 268 g/mol. The second kappa shape index (κ2) is 6.49. The van der Waals surface area contributed by atoms with Crippen LogP contribution in [0.5, 0.6) is 5.88 Å². The summed E-state index contributed by atoms with van der Waals surface area (Å²) in [6.07, 6.45) is 6.27. The molecule has 2 aromatic heterocycles. The molecule has 3 heterocycles. The van der Waals surface area contributed by atoms with Gasteiger partial charge in [0.05, 0.1) is 26.4 Å². The lowest BCUT2D eigenvalue weighted by atomic mass is 9.95. The number of nitrogens with zero attached hydrogens (tertiary/aromatic N) is 3. The maximum Gasteiger partial charge on any atom is 0.226 e. The van der Waals surface area contributed by atoms with Gasteiger partial charge in [-0.25, -0.2) is 4.98 Å². The van der Waals surface area contributed by atoms with Crippen LogP contribution in [0.2, 0.25) is 0 Å². The standard InChI is InChI=1S/C15H18N4O2/c1-20-14-4-7-17-15(19-14)18-13-10-21-9-12(13)8-11-2-5-16-6-3-11/h2-7,12-13H,8-10H2,1H3,(H,17,18,19)/t12-,13+/m1/s1. The lowest BCUT2D eigenvalue weighted by molar-refractivity contribution is 0.185. The summed E-state index contributed by atoms with van der Waals surface area (Å²) in [5, 5.41) is 3.34. The van der Waals surface area contributed by atoms with E-state index < -0.39 is 0 Å². The summed E-state index contributed by atoms with van der Waals surface area (Å²) in [6.45, 7) is 1.40. The second-order valence-electron chi connectivity index (χ2n) is 5.03. The van der Waals surface area contributed by atoms with E-state index in [1.807, 2.05) is 24.5 Å². The van der Waals surface area contributed by atoms with Crippen molar-refractivity contribution in [2.45, 2.75) is 12.5 Å². The van der Waals surface area contributed by atoms with Gasteiger partial charge in [0.1, 0.15) is 0 Å². The maximum atomic E-state index is 5.61. The summed E-state index contributed by atoms with van der Waals surface area (Å²) in [7, 11) is 1.59. The van der Waals surface area contributed by atoms with Gasteiger partial charge < -0.3 is 14.8 Å². The van der Waals surface area contributed by atoms with Crippen molar-refractivity contribution in [2.24, 2.45) is 5.92 Å². The van der Waals surface area contributed by atoms with Crippen molar-refractivity contribution in [1.82, 2.24) is 15.0 Å². The van der Waals surface area contributed by atoms with E-state index in [1.165, 1.54) is 5.56 Å². The third kappa shape index (κ3) is 3.46. The van der Waals surface area contributed by atoms with Crippen LogP contribution in [0.1, 0.15) is 5.56 Å². The molecule has 2 atom stereocenters. The van der Waals surface area contributed by atoms with Gasteiger partial charge in [-0.3, -0.25) is 4.98 Å². The lowest BCUT2D eigenvalue weighted by Gasteiger charge is -2.19. The smallest absolute Gasteiger partial charge is 0.226 e. The van der Waals surface area contributed by atoms with E-state index in [2.05, 4.69) is 20.3 Å². The Labute approximate surface area is 123 Å². The quantitative estimate of drug-likeness (QED) is 0.899. The zero-order valence-electron chi connectivity index (χ0n) is 11.9. The Morgan fingerprint density at radius 2 is 2.10 bits per heavy atom. The van der Waals surface area contributed by atoms with Gasteiger partial charge in [0.25, 0.3) is 0 Å². The van der Waals surface area contributed by atoms with Gasteiger partial charge >= 0.3 is 0 Å². The maximum absolute atomic E-state index is 5.61. The number of rotatable bonds is 5. The zero-order valence-corrected chi connectivity index (χ0v) is 11.9. The molecule has 0 radical (unpaired) electrons. The zero-order chi connectivity index (χ0) is 14.5. The fourth-order valence-corrected chi connectivity index (χ4v) is 2.47. The van der Waals surface area contributed by atoms with Gasteiger partial charge in [0.2, 0.25) is 11.8 Å². The topological polar surface area (TPSA) is 69.2 Å². The highest BCUT2D eigenvalue weighted by molar-refractivity contribution is 5.30. The third-order valence-electron chi connectivity index (χ3n) is 3.60. The summed E-state index contributed by atoms with van der Waals surface area (Å²) in [6, 6.07) is 6.00. The fraction of sp³-hybridized carbons (Fsp3) is 0.400. The molecule has 21 heavy (non-hydrogen) atoms. The first kappa shape index (κ1) is 13.8. The summed E-state index contributed by atoms with van der Waals surface area (Å²) in [5.74, 6) is 1.52. The molecule has 0 saturated carbocycles. The van der Waals surface area contributed by atoms with Crippen LogP contribution in [-0.2, 0) is 11.2 Å². The summed E-state index contributed by atoms with van der Waals surface area (Å²) in [4.78, 5) is 12.6. The van der Waals surface area contributed by atoms with Crippen LogP contribution in [-0.4, -0.2) is 41.3 Å². The fourth-order valence-electron chi connectivity index (χ4n) is 2.47. The van der Waals surface area contributed by atoms with Crippen molar-refractivity contribution in [3.8, 4) is 5.88 Å². The number of hydrogen-bond acceptors (Lipinski definition) is 6. The summed E-state index contributed by atoms with van der Waals surface area (Å²) < 4.78 is 10.7. The highest BCUT2D eigenvalue weighted by Gasteiger charge is 2.29. The highest BCUT2D eigenvalue weighted by Crippen LogP contribution is 2.21. The van der Waals surface area contributed by atoms with E-state index in [4.69, 9.17) is 9.47 Å². The van der Waals surface area contributed by atoms with E-state index >= 15 is 0 Å².